The van der Waals surface area contributed by atoms with Crippen LogP contribution >= 0.6 is 11.6 Å². The van der Waals surface area contributed by atoms with Crippen molar-refractivity contribution in [2.75, 3.05) is 4.72 Å². The molecular formula is C23H22ClNO2S. The zero-order valence-electron chi connectivity index (χ0n) is 15.8. The zero-order valence-corrected chi connectivity index (χ0v) is 17.3. The van der Waals surface area contributed by atoms with Crippen molar-refractivity contribution in [3.05, 3.63) is 102 Å². The first-order chi connectivity index (χ1) is 13.3. The number of aryl methyl sites for hydroxylation is 1. The van der Waals surface area contributed by atoms with E-state index < -0.39 is 10.0 Å². The fourth-order valence-electron chi connectivity index (χ4n) is 2.83. The number of hydrogen-bond donors (Lipinski definition) is 1. The Morgan fingerprint density at radius 3 is 2.32 bits per heavy atom. The van der Waals surface area contributed by atoms with E-state index in [-0.39, 0.29) is 10.8 Å². The first-order valence-electron chi connectivity index (χ1n) is 8.97. The number of nitrogens with one attached hydrogen (secondary N) is 1. The molecule has 0 saturated carbocycles. The molecule has 0 aromatic heterocycles. The van der Waals surface area contributed by atoms with E-state index in [1.807, 2.05) is 37.3 Å². The summed E-state index contributed by atoms with van der Waals surface area (Å²) in [5.74, 6) is 0.140. The highest BCUT2D eigenvalue weighted by atomic mass is 35.5. The summed E-state index contributed by atoms with van der Waals surface area (Å²) in [4.78, 5) is 0.225. The second kappa shape index (κ2) is 8.63. The molecule has 0 aliphatic carbocycles. The van der Waals surface area contributed by atoms with Crippen LogP contribution in [0.3, 0.4) is 0 Å². The van der Waals surface area contributed by atoms with Gasteiger partial charge in [0.2, 0.25) is 0 Å². The molecule has 0 heterocycles. The maximum Gasteiger partial charge on any atom is 0.261 e. The summed E-state index contributed by atoms with van der Waals surface area (Å²) in [5, 5.41) is 0.577. The Labute approximate surface area is 171 Å². The fraction of sp³-hybridized carbons (Fsp3) is 0.130. The number of hydrogen-bond acceptors (Lipinski definition) is 2. The van der Waals surface area contributed by atoms with Gasteiger partial charge in [0.1, 0.15) is 0 Å². The predicted octanol–water partition coefficient (Wildman–Crippen LogP) is 6.18. The van der Waals surface area contributed by atoms with Gasteiger partial charge in [0.25, 0.3) is 10.0 Å². The number of anilines is 1. The van der Waals surface area contributed by atoms with Gasteiger partial charge in [-0.25, -0.2) is 8.42 Å². The molecule has 0 radical (unpaired) electrons. The SMILES string of the molecule is Cc1ccc(S(=O)(=O)Nc2cccc(/C(Cl)=C\C(C)c3ccccc3)c2)cc1. The standard InChI is InChI=1S/C23H22ClNO2S/c1-17-11-13-22(14-12-17)28(26,27)25-21-10-6-9-20(16-21)23(24)15-18(2)19-7-4-3-5-8-19/h3-16,18,25H,1-2H3/b23-15+. The highest BCUT2D eigenvalue weighted by Gasteiger charge is 2.14. The lowest BCUT2D eigenvalue weighted by Gasteiger charge is -2.11. The second-order valence-corrected chi connectivity index (χ2v) is 8.80. The van der Waals surface area contributed by atoms with Gasteiger partial charge in [-0.05, 0) is 42.3 Å². The third-order valence-electron chi connectivity index (χ3n) is 4.44. The Balaban J connectivity index is 1.82. The molecule has 0 amide bonds. The van der Waals surface area contributed by atoms with Crippen LogP contribution in [0.5, 0.6) is 0 Å². The van der Waals surface area contributed by atoms with Crippen molar-refractivity contribution >= 4 is 32.3 Å². The van der Waals surface area contributed by atoms with E-state index >= 15 is 0 Å². The molecule has 3 aromatic rings. The highest BCUT2D eigenvalue weighted by Crippen LogP contribution is 2.28. The number of sulfonamides is 1. The van der Waals surface area contributed by atoms with E-state index in [4.69, 9.17) is 11.6 Å². The molecule has 1 atom stereocenters. The van der Waals surface area contributed by atoms with Gasteiger partial charge in [0.15, 0.2) is 0 Å². The van der Waals surface area contributed by atoms with Gasteiger partial charge in [-0.3, -0.25) is 4.72 Å². The van der Waals surface area contributed by atoms with E-state index in [1.54, 1.807) is 42.5 Å². The second-order valence-electron chi connectivity index (χ2n) is 6.71. The summed E-state index contributed by atoms with van der Waals surface area (Å²) >= 11 is 6.51. The average Bonchev–Trinajstić information content (AvgIpc) is 2.69. The van der Waals surface area contributed by atoms with Crippen molar-refractivity contribution in [1.82, 2.24) is 0 Å². The van der Waals surface area contributed by atoms with Crippen molar-refractivity contribution in [2.24, 2.45) is 0 Å². The molecule has 0 fully saturated rings. The fourth-order valence-corrected chi connectivity index (χ4v) is 4.19. The van der Waals surface area contributed by atoms with Crippen LogP contribution in [0.25, 0.3) is 5.03 Å². The maximum absolute atomic E-state index is 12.6. The number of rotatable bonds is 6. The van der Waals surface area contributed by atoms with E-state index in [9.17, 15) is 8.42 Å². The van der Waals surface area contributed by atoms with Crippen LogP contribution in [0.1, 0.15) is 29.5 Å². The van der Waals surface area contributed by atoms with Gasteiger partial charge >= 0.3 is 0 Å². The normalized spacial score (nSPS) is 13.2. The van der Waals surface area contributed by atoms with Crippen LogP contribution in [0.4, 0.5) is 5.69 Å². The lowest BCUT2D eigenvalue weighted by molar-refractivity contribution is 0.601. The van der Waals surface area contributed by atoms with E-state index in [2.05, 4.69) is 23.8 Å². The molecule has 28 heavy (non-hydrogen) atoms. The highest BCUT2D eigenvalue weighted by molar-refractivity contribution is 7.92. The molecule has 3 nitrogen and oxygen atoms in total. The molecule has 0 saturated heterocycles. The zero-order chi connectivity index (χ0) is 20.1. The Bertz CT molecular complexity index is 1080. The number of benzene rings is 3. The van der Waals surface area contributed by atoms with Crippen LogP contribution in [0.15, 0.2) is 89.8 Å². The Morgan fingerprint density at radius 1 is 0.964 bits per heavy atom. The van der Waals surface area contributed by atoms with Crippen molar-refractivity contribution in [2.45, 2.75) is 24.7 Å². The molecular weight excluding hydrogens is 390 g/mol. The monoisotopic (exact) mass is 411 g/mol. The van der Waals surface area contributed by atoms with Gasteiger partial charge in [0, 0.05) is 16.6 Å². The van der Waals surface area contributed by atoms with E-state index in [0.29, 0.717) is 10.7 Å². The van der Waals surface area contributed by atoms with Crippen molar-refractivity contribution < 1.29 is 8.42 Å². The molecule has 1 unspecified atom stereocenters. The molecule has 0 spiro atoms. The van der Waals surface area contributed by atoms with Gasteiger partial charge in [-0.1, -0.05) is 84.8 Å². The molecule has 5 heteroatoms. The lowest BCUT2D eigenvalue weighted by Crippen LogP contribution is -2.12. The minimum Gasteiger partial charge on any atom is -0.280 e. The Hall–Kier alpha value is -2.56. The van der Waals surface area contributed by atoms with Crippen molar-refractivity contribution in [1.29, 1.82) is 0 Å². The first kappa shape index (κ1) is 20.2. The quantitative estimate of drug-likeness (QED) is 0.526. The van der Waals surface area contributed by atoms with Crippen molar-refractivity contribution in [3.8, 4) is 0 Å². The first-order valence-corrected chi connectivity index (χ1v) is 10.8. The van der Waals surface area contributed by atoms with Gasteiger partial charge in [0.05, 0.1) is 4.90 Å². The van der Waals surface area contributed by atoms with E-state index in [0.717, 1.165) is 16.7 Å². The molecule has 3 aromatic carbocycles. The number of halogens is 1. The summed E-state index contributed by atoms with van der Waals surface area (Å²) in [6.07, 6.45) is 1.96. The van der Waals surface area contributed by atoms with Crippen LogP contribution in [-0.4, -0.2) is 8.42 Å². The third-order valence-corrected chi connectivity index (χ3v) is 6.18. The Kier molecular flexibility index (Phi) is 6.22. The van der Waals surface area contributed by atoms with E-state index in [1.165, 1.54) is 0 Å². The van der Waals surface area contributed by atoms with Gasteiger partial charge < -0.3 is 0 Å². The van der Waals surface area contributed by atoms with Crippen LogP contribution in [-0.2, 0) is 10.0 Å². The van der Waals surface area contributed by atoms with Crippen molar-refractivity contribution in [3.63, 3.8) is 0 Å². The topological polar surface area (TPSA) is 46.2 Å². The number of allylic oxidation sites excluding steroid dienone is 1. The summed E-state index contributed by atoms with van der Waals surface area (Å²) in [7, 11) is -3.65. The predicted molar refractivity (Wildman–Crippen MR) is 117 cm³/mol. The summed E-state index contributed by atoms with van der Waals surface area (Å²) in [5.41, 5.74) is 3.40. The Morgan fingerprint density at radius 2 is 1.64 bits per heavy atom. The smallest absolute Gasteiger partial charge is 0.261 e. The minimum atomic E-state index is -3.65. The molecule has 1 N–H and O–H groups in total. The van der Waals surface area contributed by atoms with Crippen LogP contribution in [0.2, 0.25) is 0 Å². The van der Waals surface area contributed by atoms with Crippen LogP contribution < -0.4 is 4.72 Å². The lowest BCUT2D eigenvalue weighted by atomic mass is 10.00. The summed E-state index contributed by atoms with van der Waals surface area (Å²) in [6.45, 7) is 3.99. The maximum atomic E-state index is 12.6. The molecule has 0 aliphatic heterocycles. The molecule has 0 aliphatic rings. The molecule has 144 valence electrons. The van der Waals surface area contributed by atoms with Gasteiger partial charge in [-0.15, -0.1) is 0 Å². The third kappa shape index (κ3) is 5.03. The summed E-state index contributed by atoms with van der Waals surface area (Å²) < 4.78 is 27.8. The average molecular weight is 412 g/mol. The summed E-state index contributed by atoms with van der Waals surface area (Å²) in [6, 6.07) is 23.9. The van der Waals surface area contributed by atoms with Gasteiger partial charge in [-0.2, -0.15) is 0 Å². The molecule has 0 bridgehead atoms. The van der Waals surface area contributed by atoms with Crippen LogP contribution in [0, 0.1) is 6.92 Å². The minimum absolute atomic E-state index is 0.140. The molecule has 3 rings (SSSR count). The largest absolute Gasteiger partial charge is 0.280 e.